The van der Waals surface area contributed by atoms with E-state index in [9.17, 15) is 30.0 Å². The molecule has 5 aliphatic rings. The SMILES string of the molecule is CC(=O)OC[C@]12CCC(C)=CC1OC1[C@H](OC3O[C@H](CO)[C@@H](O)[C@H](O)[C@H]3O)[C@@H](OC(C)=O)[C@@]2(C)C12CO2. The number of rotatable bonds is 6. The van der Waals surface area contributed by atoms with Crippen molar-refractivity contribution in [2.24, 2.45) is 10.8 Å². The van der Waals surface area contributed by atoms with E-state index in [1.807, 2.05) is 19.9 Å². The Kier molecular flexibility index (Phi) is 6.72. The molecule has 4 N–H and O–H groups in total. The van der Waals surface area contributed by atoms with Crippen molar-refractivity contribution in [3.63, 3.8) is 0 Å². The number of esters is 2. The molecule has 0 aromatic carbocycles. The van der Waals surface area contributed by atoms with Gasteiger partial charge in [-0.05, 0) is 19.8 Å². The van der Waals surface area contributed by atoms with Crippen LogP contribution < -0.4 is 0 Å². The highest BCUT2D eigenvalue weighted by molar-refractivity contribution is 5.67. The predicted octanol–water partition coefficient (Wildman–Crippen LogP) is -1.05. The fourth-order valence-electron chi connectivity index (χ4n) is 7.05. The minimum absolute atomic E-state index is 0.00956. The standard InChI is InChI=1S/C25H36O12/c1-11-5-6-24(9-32-12(2)27)15(7-11)36-21-19(20(34-13(3)28)23(24,4)25(21)10-33-25)37-22-18(31)17(30)16(29)14(8-26)35-22/h7,14-22,26,29-31H,5-6,8-10H2,1-4H3/t14-,15?,16-,17+,18-,19-,20-,21?,22?,23-,24-,25?/m1/s1. The molecule has 37 heavy (non-hydrogen) atoms. The van der Waals surface area contributed by atoms with Crippen molar-refractivity contribution < 1.29 is 58.4 Å². The molecule has 5 rings (SSSR count). The van der Waals surface area contributed by atoms with Crippen molar-refractivity contribution in [1.82, 2.24) is 0 Å². The number of hydrogen-bond donors (Lipinski definition) is 4. The van der Waals surface area contributed by atoms with Gasteiger partial charge in [0, 0.05) is 19.3 Å². The van der Waals surface area contributed by atoms with Gasteiger partial charge in [-0.2, -0.15) is 0 Å². The Morgan fingerprint density at radius 2 is 1.81 bits per heavy atom. The van der Waals surface area contributed by atoms with Crippen LogP contribution in [0.5, 0.6) is 0 Å². The summed E-state index contributed by atoms with van der Waals surface area (Å²) in [6.45, 7) is 6.21. The maximum absolute atomic E-state index is 12.4. The summed E-state index contributed by atoms with van der Waals surface area (Å²) < 4.78 is 36.0. The van der Waals surface area contributed by atoms with Crippen LogP contribution in [-0.2, 0) is 38.0 Å². The molecule has 4 fully saturated rings. The smallest absolute Gasteiger partial charge is 0.303 e. The zero-order valence-corrected chi connectivity index (χ0v) is 21.4. The number of epoxide rings is 1. The van der Waals surface area contributed by atoms with Crippen LogP contribution in [-0.4, -0.2) is 113 Å². The molecule has 4 unspecified atom stereocenters. The zero-order valence-electron chi connectivity index (χ0n) is 21.4. The van der Waals surface area contributed by atoms with Gasteiger partial charge in [-0.3, -0.25) is 9.59 Å². The van der Waals surface area contributed by atoms with Crippen LogP contribution in [0.2, 0.25) is 0 Å². The first-order valence-corrected chi connectivity index (χ1v) is 12.6. The zero-order chi connectivity index (χ0) is 26.9. The normalized spacial score (nSPS) is 50.3. The number of carbonyl (C=O) groups excluding carboxylic acids is 2. The van der Waals surface area contributed by atoms with Gasteiger partial charge in [0.15, 0.2) is 6.29 Å². The first-order valence-electron chi connectivity index (χ1n) is 12.6. The Labute approximate surface area is 214 Å². The molecule has 2 bridgehead atoms. The summed E-state index contributed by atoms with van der Waals surface area (Å²) in [4.78, 5) is 24.3. The van der Waals surface area contributed by atoms with E-state index in [1.165, 1.54) is 13.8 Å². The van der Waals surface area contributed by atoms with Crippen LogP contribution in [0.1, 0.15) is 40.5 Å². The lowest BCUT2D eigenvalue weighted by Crippen LogP contribution is -2.66. The summed E-state index contributed by atoms with van der Waals surface area (Å²) in [5, 5.41) is 40.7. The lowest BCUT2D eigenvalue weighted by molar-refractivity contribution is -0.322. The molecule has 0 radical (unpaired) electrons. The lowest BCUT2D eigenvalue weighted by atomic mass is 9.51. The number of aliphatic hydroxyl groups is 4. The number of allylic oxidation sites excluding steroid dienone is 1. The van der Waals surface area contributed by atoms with Crippen molar-refractivity contribution in [2.45, 2.75) is 101 Å². The van der Waals surface area contributed by atoms with Crippen LogP contribution in [0.4, 0.5) is 0 Å². The predicted molar refractivity (Wildman–Crippen MR) is 122 cm³/mol. The molecule has 12 heteroatoms. The Balaban J connectivity index is 1.57. The Bertz CT molecular complexity index is 961. The fraction of sp³-hybridized carbons (Fsp3) is 0.840. The van der Waals surface area contributed by atoms with Crippen LogP contribution in [0.15, 0.2) is 11.6 Å². The number of ether oxygens (including phenoxy) is 6. The summed E-state index contributed by atoms with van der Waals surface area (Å²) >= 11 is 0. The summed E-state index contributed by atoms with van der Waals surface area (Å²) in [5.74, 6) is -1.02. The summed E-state index contributed by atoms with van der Waals surface area (Å²) in [5.41, 5.74) is -1.58. The Morgan fingerprint density at radius 3 is 2.41 bits per heavy atom. The maximum atomic E-state index is 12.4. The first-order chi connectivity index (χ1) is 17.4. The highest BCUT2D eigenvalue weighted by Crippen LogP contribution is 2.72. The highest BCUT2D eigenvalue weighted by atomic mass is 16.7. The Morgan fingerprint density at radius 1 is 1.11 bits per heavy atom. The molecule has 12 nitrogen and oxygen atoms in total. The molecular formula is C25H36O12. The quantitative estimate of drug-likeness (QED) is 0.187. The Hall–Kier alpha value is -1.64. The van der Waals surface area contributed by atoms with Gasteiger partial charge < -0.3 is 48.8 Å². The molecule has 12 atom stereocenters. The third-order valence-electron chi connectivity index (χ3n) is 9.20. The molecule has 0 aromatic rings. The van der Waals surface area contributed by atoms with Gasteiger partial charge in [-0.1, -0.05) is 18.6 Å². The van der Waals surface area contributed by atoms with E-state index in [0.717, 1.165) is 5.57 Å². The van der Waals surface area contributed by atoms with E-state index in [0.29, 0.717) is 12.8 Å². The van der Waals surface area contributed by atoms with E-state index >= 15 is 0 Å². The van der Waals surface area contributed by atoms with E-state index in [2.05, 4.69) is 0 Å². The van der Waals surface area contributed by atoms with E-state index in [4.69, 9.17) is 28.4 Å². The van der Waals surface area contributed by atoms with Crippen molar-refractivity contribution in [3.05, 3.63) is 11.6 Å². The third-order valence-corrected chi connectivity index (χ3v) is 9.20. The molecule has 208 valence electrons. The van der Waals surface area contributed by atoms with Crippen LogP contribution in [0, 0.1) is 10.8 Å². The second-order valence-corrected chi connectivity index (χ2v) is 11.1. The maximum Gasteiger partial charge on any atom is 0.303 e. The molecule has 0 amide bonds. The van der Waals surface area contributed by atoms with E-state index < -0.39 is 90.1 Å². The summed E-state index contributed by atoms with van der Waals surface area (Å²) in [6.07, 6.45) is -7.45. The van der Waals surface area contributed by atoms with Crippen molar-refractivity contribution in [3.8, 4) is 0 Å². The minimum atomic E-state index is -1.65. The molecule has 3 heterocycles. The number of fused-ring (bicyclic) bond motifs is 2. The van der Waals surface area contributed by atoms with Gasteiger partial charge in [0.05, 0.1) is 24.7 Å². The average molecular weight is 529 g/mol. The second-order valence-electron chi connectivity index (χ2n) is 11.1. The monoisotopic (exact) mass is 528 g/mol. The van der Waals surface area contributed by atoms with Crippen molar-refractivity contribution in [1.29, 1.82) is 0 Å². The van der Waals surface area contributed by atoms with Crippen molar-refractivity contribution in [2.75, 3.05) is 19.8 Å². The molecule has 0 aromatic heterocycles. The molecular weight excluding hydrogens is 492 g/mol. The van der Waals surface area contributed by atoms with E-state index in [-0.39, 0.29) is 13.2 Å². The van der Waals surface area contributed by atoms with Crippen LogP contribution >= 0.6 is 0 Å². The highest BCUT2D eigenvalue weighted by Gasteiger charge is 2.86. The third kappa shape index (κ3) is 3.80. The number of carbonyl (C=O) groups is 2. The average Bonchev–Trinajstić information content (AvgIpc) is 3.63. The van der Waals surface area contributed by atoms with Crippen LogP contribution in [0.3, 0.4) is 0 Å². The molecule has 1 spiro atoms. The topological polar surface area (TPSA) is 174 Å². The second kappa shape index (κ2) is 9.23. The minimum Gasteiger partial charge on any atom is -0.465 e. The fourth-order valence-corrected chi connectivity index (χ4v) is 7.05. The lowest BCUT2D eigenvalue weighted by Gasteiger charge is -2.58. The largest absolute Gasteiger partial charge is 0.465 e. The van der Waals surface area contributed by atoms with Gasteiger partial charge >= 0.3 is 11.9 Å². The van der Waals surface area contributed by atoms with Gasteiger partial charge in [0.25, 0.3) is 0 Å². The van der Waals surface area contributed by atoms with Crippen LogP contribution in [0.25, 0.3) is 0 Å². The first kappa shape index (κ1) is 26.9. The van der Waals surface area contributed by atoms with Gasteiger partial charge in [0.1, 0.15) is 54.9 Å². The number of aliphatic hydroxyl groups excluding tert-OH is 4. The summed E-state index contributed by atoms with van der Waals surface area (Å²) in [7, 11) is 0. The van der Waals surface area contributed by atoms with Gasteiger partial charge in [-0.25, -0.2) is 0 Å². The van der Waals surface area contributed by atoms with Crippen molar-refractivity contribution >= 4 is 11.9 Å². The van der Waals surface area contributed by atoms with Gasteiger partial charge in [-0.15, -0.1) is 0 Å². The molecule has 2 aliphatic carbocycles. The molecule has 3 saturated heterocycles. The molecule has 3 aliphatic heterocycles. The van der Waals surface area contributed by atoms with Gasteiger partial charge in [0.2, 0.25) is 0 Å². The van der Waals surface area contributed by atoms with E-state index in [1.54, 1.807) is 0 Å². The number of hydrogen-bond acceptors (Lipinski definition) is 12. The molecule has 1 saturated carbocycles. The summed E-state index contributed by atoms with van der Waals surface area (Å²) in [6, 6.07) is 0.